The molecule has 0 bridgehead atoms. The number of anilines is 2. The van der Waals surface area contributed by atoms with Crippen LogP contribution < -0.4 is 19.3 Å². The summed E-state index contributed by atoms with van der Waals surface area (Å²) in [6, 6.07) is 20.6. The van der Waals surface area contributed by atoms with E-state index in [-0.39, 0.29) is 17.4 Å². The van der Waals surface area contributed by atoms with Crippen molar-refractivity contribution < 1.29 is 24.2 Å². The van der Waals surface area contributed by atoms with Crippen molar-refractivity contribution in [3.05, 3.63) is 89.5 Å². The number of rotatable bonds is 8. The number of aliphatic hydroxyl groups is 1. The molecule has 1 atom stereocenters. The fourth-order valence-electron chi connectivity index (χ4n) is 4.36. The Morgan fingerprint density at radius 2 is 1.51 bits per heavy atom. The van der Waals surface area contributed by atoms with Gasteiger partial charge in [0.15, 0.2) is 0 Å². The molecule has 0 saturated carbocycles. The molecule has 1 aliphatic heterocycles. The molecule has 4 rings (SSSR count). The first-order chi connectivity index (χ1) is 17.7. The molecule has 1 saturated heterocycles. The summed E-state index contributed by atoms with van der Waals surface area (Å²) in [5.41, 5.74) is 2.68. The van der Waals surface area contributed by atoms with Crippen molar-refractivity contribution >= 4 is 28.8 Å². The van der Waals surface area contributed by atoms with Crippen LogP contribution in [0.4, 0.5) is 11.4 Å². The molecule has 37 heavy (non-hydrogen) atoms. The molecule has 1 fully saturated rings. The van der Waals surface area contributed by atoms with Crippen molar-refractivity contribution in [2.45, 2.75) is 32.9 Å². The summed E-state index contributed by atoms with van der Waals surface area (Å²) in [5.74, 6) is -0.358. The summed E-state index contributed by atoms with van der Waals surface area (Å²) in [4.78, 5) is 30.1. The fourth-order valence-corrected chi connectivity index (χ4v) is 4.36. The minimum atomic E-state index is -0.805. The number of hydrogen-bond donors (Lipinski definition) is 1. The van der Waals surface area contributed by atoms with E-state index in [9.17, 15) is 14.7 Å². The lowest BCUT2D eigenvalue weighted by Crippen LogP contribution is -2.29. The normalized spacial score (nSPS) is 16.8. The van der Waals surface area contributed by atoms with Crippen LogP contribution in [0, 0.1) is 0 Å². The number of ether oxygens (including phenoxy) is 2. The molecule has 1 heterocycles. The molecule has 0 spiro atoms. The Balaban J connectivity index is 1.83. The van der Waals surface area contributed by atoms with Gasteiger partial charge in [-0.25, -0.2) is 0 Å². The molecular weight excluding hydrogens is 468 g/mol. The lowest BCUT2D eigenvalue weighted by Gasteiger charge is -2.26. The fraction of sp³-hybridized carbons (Fsp3) is 0.267. The van der Waals surface area contributed by atoms with Gasteiger partial charge in [0.2, 0.25) is 0 Å². The first-order valence-corrected chi connectivity index (χ1v) is 12.3. The van der Waals surface area contributed by atoms with Gasteiger partial charge in [-0.05, 0) is 87.0 Å². The summed E-state index contributed by atoms with van der Waals surface area (Å²) in [6.45, 7) is 6.27. The molecule has 0 aliphatic carbocycles. The molecule has 0 aromatic heterocycles. The van der Waals surface area contributed by atoms with Gasteiger partial charge < -0.3 is 19.5 Å². The second-order valence-corrected chi connectivity index (χ2v) is 9.27. The maximum absolute atomic E-state index is 13.4. The van der Waals surface area contributed by atoms with Gasteiger partial charge in [-0.2, -0.15) is 0 Å². The topological polar surface area (TPSA) is 79.3 Å². The zero-order valence-corrected chi connectivity index (χ0v) is 21.8. The molecule has 192 valence electrons. The SMILES string of the molecule is CCOc1ccc(N2C(=O)C(=O)/C(=C(\O)c3ccc(OC(C)C)cc3)C2c2ccc(N(C)C)cc2)cc1. The second kappa shape index (κ2) is 10.8. The van der Waals surface area contributed by atoms with E-state index in [0.29, 0.717) is 34.9 Å². The summed E-state index contributed by atoms with van der Waals surface area (Å²) < 4.78 is 11.2. The van der Waals surface area contributed by atoms with E-state index in [1.54, 1.807) is 48.5 Å². The number of amides is 1. The molecule has 1 aliphatic rings. The van der Waals surface area contributed by atoms with Crippen molar-refractivity contribution in [3.63, 3.8) is 0 Å². The van der Waals surface area contributed by atoms with E-state index in [0.717, 1.165) is 5.69 Å². The number of carbonyl (C=O) groups excluding carboxylic acids is 2. The van der Waals surface area contributed by atoms with Gasteiger partial charge in [-0.1, -0.05) is 12.1 Å². The average Bonchev–Trinajstić information content (AvgIpc) is 3.14. The smallest absolute Gasteiger partial charge is 0.300 e. The molecule has 7 nitrogen and oxygen atoms in total. The minimum absolute atomic E-state index is 0.00373. The third-order valence-electron chi connectivity index (χ3n) is 6.10. The summed E-state index contributed by atoms with van der Waals surface area (Å²) >= 11 is 0. The zero-order chi connectivity index (χ0) is 26.7. The van der Waals surface area contributed by atoms with E-state index in [4.69, 9.17) is 9.47 Å². The summed E-state index contributed by atoms with van der Waals surface area (Å²) in [5, 5.41) is 11.3. The van der Waals surface area contributed by atoms with E-state index in [1.807, 2.05) is 64.0 Å². The number of carbonyl (C=O) groups is 2. The Morgan fingerprint density at radius 3 is 2.05 bits per heavy atom. The van der Waals surface area contributed by atoms with Crippen molar-refractivity contribution in [1.29, 1.82) is 0 Å². The quantitative estimate of drug-likeness (QED) is 0.248. The largest absolute Gasteiger partial charge is 0.507 e. The highest BCUT2D eigenvalue weighted by Crippen LogP contribution is 2.43. The molecule has 0 radical (unpaired) electrons. The Morgan fingerprint density at radius 1 is 0.919 bits per heavy atom. The first kappa shape index (κ1) is 25.8. The Kier molecular flexibility index (Phi) is 7.53. The monoisotopic (exact) mass is 500 g/mol. The van der Waals surface area contributed by atoms with Gasteiger partial charge in [0.05, 0.1) is 24.3 Å². The Hall–Kier alpha value is -4.26. The number of nitrogens with zero attached hydrogens (tertiary/aromatic N) is 2. The molecule has 1 amide bonds. The predicted octanol–water partition coefficient (Wildman–Crippen LogP) is 5.56. The maximum atomic E-state index is 13.4. The molecule has 7 heteroatoms. The van der Waals surface area contributed by atoms with Crippen LogP contribution in [0.1, 0.15) is 37.9 Å². The van der Waals surface area contributed by atoms with Crippen molar-refractivity contribution in [3.8, 4) is 11.5 Å². The van der Waals surface area contributed by atoms with Crippen LogP contribution in [0.3, 0.4) is 0 Å². The highest BCUT2D eigenvalue weighted by molar-refractivity contribution is 6.51. The van der Waals surface area contributed by atoms with E-state index in [2.05, 4.69) is 0 Å². The van der Waals surface area contributed by atoms with Crippen LogP contribution in [0.5, 0.6) is 11.5 Å². The predicted molar refractivity (Wildman–Crippen MR) is 145 cm³/mol. The number of aliphatic hydroxyl groups excluding tert-OH is 1. The number of benzene rings is 3. The van der Waals surface area contributed by atoms with Crippen LogP contribution in [-0.4, -0.2) is 43.6 Å². The van der Waals surface area contributed by atoms with Gasteiger partial charge in [-0.15, -0.1) is 0 Å². The first-order valence-electron chi connectivity index (χ1n) is 12.3. The van der Waals surface area contributed by atoms with Crippen LogP contribution >= 0.6 is 0 Å². The average molecular weight is 501 g/mol. The van der Waals surface area contributed by atoms with Crippen LogP contribution in [-0.2, 0) is 9.59 Å². The molecule has 3 aromatic rings. The molecule has 3 aromatic carbocycles. The van der Waals surface area contributed by atoms with E-state index in [1.165, 1.54) is 4.90 Å². The minimum Gasteiger partial charge on any atom is -0.507 e. The molecule has 1 unspecified atom stereocenters. The maximum Gasteiger partial charge on any atom is 0.300 e. The number of Topliss-reactive ketones (excluding diaryl/α,β-unsaturated/α-hetero) is 1. The van der Waals surface area contributed by atoms with Gasteiger partial charge in [-0.3, -0.25) is 14.5 Å². The lowest BCUT2D eigenvalue weighted by atomic mass is 9.95. The molecule has 1 N–H and O–H groups in total. The van der Waals surface area contributed by atoms with Gasteiger partial charge in [0, 0.05) is 31.0 Å². The van der Waals surface area contributed by atoms with Gasteiger partial charge in [0.1, 0.15) is 17.3 Å². The summed E-state index contributed by atoms with van der Waals surface area (Å²) in [6.07, 6.45) is 0.00373. The lowest BCUT2D eigenvalue weighted by molar-refractivity contribution is -0.132. The van der Waals surface area contributed by atoms with E-state index >= 15 is 0 Å². The zero-order valence-electron chi connectivity index (χ0n) is 21.8. The second-order valence-electron chi connectivity index (χ2n) is 9.27. The van der Waals surface area contributed by atoms with Crippen LogP contribution in [0.15, 0.2) is 78.4 Å². The van der Waals surface area contributed by atoms with E-state index < -0.39 is 17.7 Å². The number of ketones is 1. The highest BCUT2D eigenvalue weighted by atomic mass is 16.5. The Bertz CT molecular complexity index is 1290. The highest BCUT2D eigenvalue weighted by Gasteiger charge is 2.47. The van der Waals surface area contributed by atoms with Gasteiger partial charge in [0.25, 0.3) is 11.7 Å². The van der Waals surface area contributed by atoms with Gasteiger partial charge >= 0.3 is 0 Å². The third-order valence-corrected chi connectivity index (χ3v) is 6.10. The van der Waals surface area contributed by atoms with Crippen LogP contribution in [0.25, 0.3) is 5.76 Å². The Labute approximate surface area is 217 Å². The third kappa shape index (κ3) is 5.31. The van der Waals surface area contributed by atoms with Crippen molar-refractivity contribution in [1.82, 2.24) is 0 Å². The standard InChI is InChI=1S/C30H32N2O5/c1-6-36-24-17-13-23(14-18-24)32-27(20-7-11-22(12-8-20)31(4)5)26(29(34)30(32)35)28(33)21-9-15-25(16-10-21)37-19(2)3/h7-19,27,33H,6H2,1-5H3/b28-26-. The summed E-state index contributed by atoms with van der Waals surface area (Å²) in [7, 11) is 3.88. The number of hydrogen-bond acceptors (Lipinski definition) is 6. The van der Waals surface area contributed by atoms with Crippen LogP contribution in [0.2, 0.25) is 0 Å². The van der Waals surface area contributed by atoms with Crippen molar-refractivity contribution in [2.24, 2.45) is 0 Å². The van der Waals surface area contributed by atoms with Crippen molar-refractivity contribution in [2.75, 3.05) is 30.5 Å². The molecular formula is C30H32N2O5.